The van der Waals surface area contributed by atoms with Crippen LogP contribution in [-0.4, -0.2) is 82.6 Å². The van der Waals surface area contributed by atoms with Crippen molar-refractivity contribution < 1.29 is 129 Å². The number of oxazole rings is 1. The molecule has 23 heteroatoms. The first-order chi connectivity index (χ1) is 50.4. The molecule has 15 rings (SSSR count). The predicted octanol–water partition coefficient (Wildman–Crippen LogP) is 20.7. The van der Waals surface area contributed by atoms with Crippen LogP contribution in [0.1, 0.15) is 55.4 Å². The van der Waals surface area contributed by atoms with Gasteiger partial charge in [0.1, 0.15) is 22.2 Å². The molecule has 0 amide bonds. The molecule has 6 aromatic heterocycles. The van der Waals surface area contributed by atoms with Gasteiger partial charge in [-0.25, -0.2) is 4.98 Å². The maximum atomic E-state index is 12.3. The molecule has 4 N–H and O–H groups in total. The second-order valence-electron chi connectivity index (χ2n) is 23.5. The van der Waals surface area contributed by atoms with Crippen LogP contribution >= 0.6 is 22.7 Å². The summed E-state index contributed by atoms with van der Waals surface area (Å²) < 4.78 is 13.3. The third kappa shape index (κ3) is 28.4. The average Bonchev–Trinajstić information content (AvgIpc) is 1.76. The summed E-state index contributed by atoms with van der Waals surface area (Å²) in [6.45, 7) is 11.4. The number of benzene rings is 9. The minimum Gasteiger partial charge on any atom is -0.512 e. The molecule has 17 nitrogen and oxygen atoms in total. The second-order valence-corrected chi connectivity index (χ2v) is 25.6. The van der Waals surface area contributed by atoms with Crippen LogP contribution in [0.3, 0.4) is 0 Å². The molecule has 15 aromatic rings. The van der Waals surface area contributed by atoms with Crippen molar-refractivity contribution in [1.82, 2.24) is 24.9 Å². The molecule has 109 heavy (non-hydrogen) atoms. The molecule has 6 heterocycles. The van der Waals surface area contributed by atoms with Gasteiger partial charge in [-0.1, -0.05) is 132 Å². The Kier molecular flexibility index (Phi) is 38.1. The molecule has 0 bridgehead atoms. The zero-order valence-electron chi connectivity index (χ0n) is 60.7. The first-order valence-electron chi connectivity index (χ1n) is 32.7. The van der Waals surface area contributed by atoms with Crippen molar-refractivity contribution in [3.05, 3.63) is 301 Å². The van der Waals surface area contributed by atoms with E-state index in [9.17, 15) is 24.0 Å². The fourth-order valence-electron chi connectivity index (χ4n) is 9.98. The van der Waals surface area contributed by atoms with Gasteiger partial charge in [-0.15, -0.1) is 83.0 Å². The Bertz CT molecular complexity index is 5500. The van der Waals surface area contributed by atoms with Crippen LogP contribution in [0, 0.1) is 18.2 Å². The normalized spacial score (nSPS) is 10.7. The van der Waals surface area contributed by atoms with E-state index in [1.54, 1.807) is 11.3 Å². The Morgan fingerprint density at radius 2 is 0.881 bits per heavy atom. The van der Waals surface area contributed by atoms with Gasteiger partial charge in [0, 0.05) is 147 Å². The van der Waals surface area contributed by atoms with Crippen LogP contribution in [0.5, 0.6) is 0 Å². The summed E-state index contributed by atoms with van der Waals surface area (Å²) in [6.07, 6.45) is 8.38. The van der Waals surface area contributed by atoms with Crippen LogP contribution < -0.4 is 10.5 Å². The fraction of sp³-hybridized carbons (Fsp3) is 0.116. The van der Waals surface area contributed by atoms with Gasteiger partial charge in [-0.2, -0.15) is 11.3 Å². The first kappa shape index (κ1) is 91.1. The van der Waals surface area contributed by atoms with Gasteiger partial charge in [-0.3, -0.25) is 38.9 Å². The first-order valence-corrected chi connectivity index (χ1v) is 34.3. The van der Waals surface area contributed by atoms with Gasteiger partial charge in [0.2, 0.25) is 0 Å². The zero-order chi connectivity index (χ0) is 75.5. The Balaban J connectivity index is 0.000000274. The average molecular weight is 2200 g/mol. The summed E-state index contributed by atoms with van der Waals surface area (Å²) in [5.41, 5.74) is 8.98. The van der Waals surface area contributed by atoms with E-state index < -0.39 is 5.63 Å². The van der Waals surface area contributed by atoms with Crippen molar-refractivity contribution in [3.8, 4) is 44.0 Å². The van der Waals surface area contributed by atoms with Crippen molar-refractivity contribution in [3.63, 3.8) is 0 Å². The number of pyridine rings is 2. The number of anilines is 1. The van der Waals surface area contributed by atoms with Gasteiger partial charge >= 0.3 is 0 Å². The van der Waals surface area contributed by atoms with Crippen molar-refractivity contribution in [2.75, 3.05) is 19.0 Å². The van der Waals surface area contributed by atoms with E-state index in [1.165, 1.54) is 123 Å². The number of carbonyl (C=O) groups excluding carboxylic acids is 4. The maximum absolute atomic E-state index is 12.3. The van der Waals surface area contributed by atoms with Gasteiger partial charge in [0.25, 0.3) is 5.63 Å². The van der Waals surface area contributed by atoms with Crippen molar-refractivity contribution >= 4 is 126 Å². The molecule has 0 saturated heterocycles. The van der Waals surface area contributed by atoms with E-state index in [-0.39, 0.29) is 127 Å². The minimum absolute atomic E-state index is 0. The van der Waals surface area contributed by atoms with E-state index in [0.29, 0.717) is 22.0 Å². The summed E-state index contributed by atoms with van der Waals surface area (Å²) >= 11 is 3.16. The predicted molar refractivity (Wildman–Crippen MR) is 425 cm³/mol. The number of fused-ring (bicyclic) bond motifs is 7. The largest absolute Gasteiger partial charge is 0.512 e. The number of aromatic nitrogens is 5. The number of hydrogen-bond acceptors (Lipinski definition) is 19. The fourth-order valence-corrected chi connectivity index (χ4v) is 11.9. The number of nitrogens with zero attached hydrogens (tertiary/aromatic N) is 6. The van der Waals surface area contributed by atoms with E-state index >= 15 is 0 Å². The molecular weight excluding hydrogens is 2130 g/mol. The molecule has 0 atom stereocenters. The van der Waals surface area contributed by atoms with Gasteiger partial charge in [0.15, 0.2) is 23.1 Å². The van der Waals surface area contributed by atoms with Crippen LogP contribution in [0.4, 0.5) is 5.69 Å². The SMILES string of the molecule is CC(=O)C=C(C)O.CC(=O)C=C(C)O.CC(=O)C=C(C)O.CC(=O)C=C(C)O.CN(C)c1ccc2[c-]c(-c3nc4ccccc4s3)c(=O)oc2c1.[Ir].[Ir].[Ir].[Ir].[c-]1cc2ccccc2cc1-c1nccc2ccccc12.[c-]1ccccc1-c1nc2ccccc2o1.c1ccc2c(-c3nc4ccccc4s3)nccc2c1. The summed E-state index contributed by atoms with van der Waals surface area (Å²) in [5, 5.41) is 43.0. The van der Waals surface area contributed by atoms with Gasteiger partial charge < -0.3 is 39.1 Å². The maximum Gasteiger partial charge on any atom is 0.269 e. The van der Waals surface area contributed by atoms with Crippen molar-refractivity contribution in [2.24, 2.45) is 0 Å². The van der Waals surface area contributed by atoms with Crippen LogP contribution in [-0.2, 0) is 99.6 Å². The molecule has 0 fully saturated rings. The van der Waals surface area contributed by atoms with Gasteiger partial charge in [-0.05, 0) is 137 Å². The molecule has 0 aliphatic rings. The molecule has 0 spiro atoms. The quantitative estimate of drug-likeness (QED) is 0.0453. The number of ketones is 4. The molecule has 0 unspecified atom stereocenters. The Hall–Kier alpha value is -10.2. The topological polar surface area (TPSA) is 260 Å². The molecular formula is C86H75Ir4N6O11S2-3. The van der Waals surface area contributed by atoms with Crippen molar-refractivity contribution in [2.45, 2.75) is 55.4 Å². The molecule has 0 aliphatic carbocycles. The molecule has 4 radical (unpaired) electrons. The minimum atomic E-state index is -0.410. The standard InChI is InChI=1S/C19H12N.C18H13N2O2S.C16H10N2S.C13H8NO.4C5H8O2.4Ir/c1-2-7-16-13-17(10-9-14(16)5-1)19-18-8-4-3-6-15(18)11-12-20-19;1-20(2)12-8-7-11-9-13(18(21)22-15(11)10-12)17-19-14-5-3-4-6-16(14)23-17;1-2-6-12-11(5-1)9-10-17-15(12)16-18-13-7-3-4-8-14(13)19-16;1-2-6-10(7-3-1)13-14-11-8-4-5-9-12(11)15-13;4*1-4(6)3-5(2)7;;;;/h1-9,11-13H;3-8,10H,1-2H3;1-10H;1-6,8-9H;4*3,6H,1-2H3;;;;/q2*-1;;-1;;;;;;;;. The van der Waals surface area contributed by atoms with E-state index in [2.05, 4.69) is 110 Å². The van der Waals surface area contributed by atoms with E-state index in [0.717, 1.165) is 70.8 Å². The summed E-state index contributed by atoms with van der Waals surface area (Å²) in [7, 11) is 3.89. The van der Waals surface area contributed by atoms with Crippen LogP contribution in [0.15, 0.2) is 286 Å². The number of allylic oxidation sites excluding steroid dienone is 8. The molecule has 0 aliphatic heterocycles. The summed E-state index contributed by atoms with van der Waals surface area (Å²) in [4.78, 5) is 77.0. The number of aliphatic hydroxyl groups excluding tert-OH is 4. The monoisotopic (exact) mass is 2200 g/mol. The number of rotatable bonds is 9. The van der Waals surface area contributed by atoms with Crippen molar-refractivity contribution in [1.29, 1.82) is 0 Å². The smallest absolute Gasteiger partial charge is 0.269 e. The third-order valence-corrected chi connectivity index (χ3v) is 16.4. The zero-order valence-corrected chi connectivity index (χ0v) is 71.9. The molecule has 566 valence electrons. The van der Waals surface area contributed by atoms with Gasteiger partial charge in [0.05, 0.1) is 54.9 Å². The van der Waals surface area contributed by atoms with E-state index in [4.69, 9.17) is 29.3 Å². The Morgan fingerprint density at radius 1 is 0.431 bits per heavy atom. The summed E-state index contributed by atoms with van der Waals surface area (Å²) in [5.74, 6) is 0.372. The number of thiazole rings is 2. The second kappa shape index (κ2) is 45.5. The molecule has 0 saturated carbocycles. The van der Waals surface area contributed by atoms with Crippen LogP contribution in [0.25, 0.3) is 119 Å². The summed E-state index contributed by atoms with van der Waals surface area (Å²) in [6, 6.07) is 79.9. The third-order valence-electron chi connectivity index (χ3n) is 14.3. The number of hydrogen-bond donors (Lipinski definition) is 4. The Morgan fingerprint density at radius 3 is 1.37 bits per heavy atom. The Labute approximate surface area is 693 Å². The number of aliphatic hydroxyl groups is 4. The van der Waals surface area contributed by atoms with E-state index in [1.807, 2.05) is 177 Å². The van der Waals surface area contributed by atoms with Crippen LogP contribution in [0.2, 0.25) is 0 Å². The number of para-hydroxylation sites is 4. The number of carbonyl (C=O) groups is 4. The molecule has 9 aromatic carbocycles.